The number of hydrogen-bond acceptors (Lipinski definition) is 6. The summed E-state index contributed by atoms with van der Waals surface area (Å²) < 4.78 is 29.3. The van der Waals surface area contributed by atoms with Crippen molar-refractivity contribution in [2.24, 2.45) is 0 Å². The Morgan fingerprint density at radius 3 is 2.45 bits per heavy atom. The van der Waals surface area contributed by atoms with Crippen molar-refractivity contribution in [3.05, 3.63) is 0 Å². The van der Waals surface area contributed by atoms with E-state index in [-0.39, 0.29) is 25.7 Å². The number of terminal acetylenes is 1. The van der Waals surface area contributed by atoms with Gasteiger partial charge in [-0.3, -0.25) is 0 Å². The van der Waals surface area contributed by atoms with E-state index in [2.05, 4.69) is 5.92 Å². The van der Waals surface area contributed by atoms with Gasteiger partial charge in [-0.2, -0.15) is 0 Å². The van der Waals surface area contributed by atoms with Crippen LogP contribution in [-0.2, 0) is 23.7 Å². The Kier molecular flexibility index (Phi) is 3.61. The molecule has 3 aliphatic heterocycles. The van der Waals surface area contributed by atoms with Gasteiger partial charge >= 0.3 is 0 Å². The molecular formula is C16H24O6. The van der Waals surface area contributed by atoms with Gasteiger partial charge in [0.15, 0.2) is 17.2 Å². The van der Waals surface area contributed by atoms with Crippen LogP contribution in [0.1, 0.15) is 40.5 Å². The number of rotatable bonds is 2. The van der Waals surface area contributed by atoms with Crippen LogP contribution in [0, 0.1) is 12.3 Å². The molecule has 0 aromatic carbocycles. The number of ether oxygens (including phenoxy) is 5. The van der Waals surface area contributed by atoms with Crippen LogP contribution >= 0.6 is 0 Å². The third-order valence-corrected chi connectivity index (χ3v) is 4.47. The minimum Gasteiger partial charge on any atom is -0.381 e. The summed E-state index contributed by atoms with van der Waals surface area (Å²) in [4.78, 5) is 0. The fraction of sp³-hybridized carbons (Fsp3) is 0.875. The summed E-state index contributed by atoms with van der Waals surface area (Å²) in [7, 11) is 0. The molecular weight excluding hydrogens is 288 g/mol. The molecule has 3 saturated heterocycles. The standard InChI is InChI=1S/C16H24O6/c1-6-7-8-15(17)12-11(20-14(4,5)21-12)9-18-16(15)10-19-13(2,3)22-16/h1,11-12,17H,7-10H2,2-5H3/t11-,12-,15+,16+/m1/s1. The number of hydrogen-bond donors (Lipinski definition) is 1. The minimum absolute atomic E-state index is 0.119. The van der Waals surface area contributed by atoms with Gasteiger partial charge in [0.1, 0.15) is 18.8 Å². The van der Waals surface area contributed by atoms with Crippen LogP contribution in [0.2, 0.25) is 0 Å². The Balaban J connectivity index is 1.96. The number of aliphatic hydroxyl groups is 1. The van der Waals surface area contributed by atoms with Crippen molar-refractivity contribution in [2.45, 2.75) is 75.7 Å². The molecule has 124 valence electrons. The zero-order valence-corrected chi connectivity index (χ0v) is 13.5. The maximum absolute atomic E-state index is 11.5. The molecule has 0 aliphatic carbocycles. The Hall–Kier alpha value is -0.680. The zero-order valence-electron chi connectivity index (χ0n) is 13.5. The van der Waals surface area contributed by atoms with Crippen LogP contribution in [0.4, 0.5) is 0 Å². The highest BCUT2D eigenvalue weighted by Crippen LogP contribution is 2.51. The lowest BCUT2D eigenvalue weighted by atomic mass is 9.78. The molecule has 3 fully saturated rings. The van der Waals surface area contributed by atoms with Crippen LogP contribution < -0.4 is 0 Å². The quantitative estimate of drug-likeness (QED) is 0.772. The third-order valence-electron chi connectivity index (χ3n) is 4.47. The fourth-order valence-corrected chi connectivity index (χ4v) is 3.53. The summed E-state index contributed by atoms with van der Waals surface area (Å²) in [5, 5.41) is 11.5. The second kappa shape index (κ2) is 4.91. The first-order chi connectivity index (χ1) is 10.1. The molecule has 1 N–H and O–H groups in total. The van der Waals surface area contributed by atoms with E-state index in [1.165, 1.54) is 0 Å². The summed E-state index contributed by atoms with van der Waals surface area (Å²) >= 11 is 0. The number of fused-ring (bicyclic) bond motifs is 1. The van der Waals surface area contributed by atoms with Gasteiger partial charge < -0.3 is 28.8 Å². The zero-order chi connectivity index (χ0) is 16.2. The van der Waals surface area contributed by atoms with Crippen molar-refractivity contribution in [1.29, 1.82) is 0 Å². The van der Waals surface area contributed by atoms with Crippen LogP contribution in [0.25, 0.3) is 0 Å². The molecule has 0 saturated carbocycles. The van der Waals surface area contributed by atoms with Gasteiger partial charge in [0.2, 0.25) is 5.79 Å². The van der Waals surface area contributed by atoms with Crippen LogP contribution in [-0.4, -0.2) is 53.5 Å². The molecule has 6 heteroatoms. The molecule has 0 unspecified atom stereocenters. The van der Waals surface area contributed by atoms with Gasteiger partial charge in [-0.1, -0.05) is 0 Å². The SMILES string of the molecule is C#CCC[C@]1(O)[C@@H]2OC(C)(C)O[C@@H]2CO[C@]12COC(C)(C)O2. The first-order valence-electron chi connectivity index (χ1n) is 7.63. The van der Waals surface area contributed by atoms with E-state index >= 15 is 0 Å². The molecule has 0 aromatic rings. The third kappa shape index (κ3) is 2.37. The summed E-state index contributed by atoms with van der Waals surface area (Å²) in [6.07, 6.45) is 5.10. The fourth-order valence-electron chi connectivity index (χ4n) is 3.53. The maximum Gasteiger partial charge on any atom is 0.227 e. The smallest absolute Gasteiger partial charge is 0.227 e. The molecule has 0 radical (unpaired) electrons. The highest BCUT2D eigenvalue weighted by molar-refractivity contribution is 5.12. The van der Waals surface area contributed by atoms with Crippen molar-refractivity contribution in [3.63, 3.8) is 0 Å². The lowest BCUT2D eigenvalue weighted by Crippen LogP contribution is -2.70. The lowest BCUT2D eigenvalue weighted by Gasteiger charge is -2.50. The Morgan fingerprint density at radius 1 is 1.14 bits per heavy atom. The molecule has 22 heavy (non-hydrogen) atoms. The topological polar surface area (TPSA) is 66.4 Å². The first kappa shape index (κ1) is 16.2. The maximum atomic E-state index is 11.5. The second-order valence-electron chi connectivity index (χ2n) is 7.08. The summed E-state index contributed by atoms with van der Waals surface area (Å²) in [6, 6.07) is 0. The van der Waals surface area contributed by atoms with Crippen LogP contribution in [0.3, 0.4) is 0 Å². The molecule has 3 rings (SSSR count). The van der Waals surface area contributed by atoms with Gasteiger partial charge in [0.25, 0.3) is 0 Å². The van der Waals surface area contributed by atoms with Crippen LogP contribution in [0.15, 0.2) is 0 Å². The molecule has 4 atom stereocenters. The Bertz CT molecular complexity index is 493. The van der Waals surface area contributed by atoms with Crippen molar-refractivity contribution in [3.8, 4) is 12.3 Å². The van der Waals surface area contributed by atoms with Gasteiger partial charge in [-0.25, -0.2) is 0 Å². The largest absolute Gasteiger partial charge is 0.381 e. The van der Waals surface area contributed by atoms with Crippen molar-refractivity contribution < 1.29 is 28.8 Å². The van der Waals surface area contributed by atoms with Gasteiger partial charge in [-0.05, 0) is 34.1 Å². The lowest BCUT2D eigenvalue weighted by molar-refractivity contribution is -0.367. The minimum atomic E-state index is -1.44. The second-order valence-corrected chi connectivity index (χ2v) is 7.08. The molecule has 6 nitrogen and oxygen atoms in total. The van der Waals surface area contributed by atoms with E-state index in [0.717, 1.165) is 0 Å². The van der Waals surface area contributed by atoms with E-state index in [1.807, 2.05) is 13.8 Å². The predicted molar refractivity (Wildman–Crippen MR) is 76.6 cm³/mol. The Morgan fingerprint density at radius 2 is 1.86 bits per heavy atom. The normalized spacial score (nSPS) is 45.6. The average molecular weight is 312 g/mol. The van der Waals surface area contributed by atoms with Crippen LogP contribution in [0.5, 0.6) is 0 Å². The molecule has 0 amide bonds. The van der Waals surface area contributed by atoms with Gasteiger partial charge in [0, 0.05) is 6.42 Å². The van der Waals surface area contributed by atoms with Crippen molar-refractivity contribution >= 4 is 0 Å². The van der Waals surface area contributed by atoms with E-state index in [0.29, 0.717) is 6.42 Å². The highest BCUT2D eigenvalue weighted by atomic mass is 16.9. The van der Waals surface area contributed by atoms with Crippen molar-refractivity contribution in [2.75, 3.05) is 13.2 Å². The molecule has 0 aromatic heterocycles. The van der Waals surface area contributed by atoms with Gasteiger partial charge in [0.05, 0.1) is 6.61 Å². The summed E-state index contributed by atoms with van der Waals surface area (Å²) in [6.45, 7) is 7.59. The Labute approximate surface area is 131 Å². The highest BCUT2D eigenvalue weighted by Gasteiger charge is 2.70. The van der Waals surface area contributed by atoms with E-state index < -0.39 is 29.1 Å². The molecule has 3 heterocycles. The molecule has 0 bridgehead atoms. The van der Waals surface area contributed by atoms with E-state index in [4.69, 9.17) is 30.1 Å². The van der Waals surface area contributed by atoms with E-state index in [9.17, 15) is 5.11 Å². The van der Waals surface area contributed by atoms with Gasteiger partial charge in [-0.15, -0.1) is 12.3 Å². The monoisotopic (exact) mass is 312 g/mol. The average Bonchev–Trinajstić information content (AvgIpc) is 2.90. The predicted octanol–water partition coefficient (Wildman–Crippen LogP) is 1.16. The van der Waals surface area contributed by atoms with Crippen molar-refractivity contribution in [1.82, 2.24) is 0 Å². The van der Waals surface area contributed by atoms with E-state index in [1.54, 1.807) is 13.8 Å². The molecule has 3 aliphatic rings. The summed E-state index contributed by atoms with van der Waals surface area (Å²) in [5.74, 6) is -0.363. The molecule has 1 spiro atoms. The first-order valence-corrected chi connectivity index (χ1v) is 7.63. The summed E-state index contributed by atoms with van der Waals surface area (Å²) in [5.41, 5.74) is -1.44.